The van der Waals surface area contributed by atoms with Crippen LogP contribution in [0.25, 0.3) is 0 Å². The molecule has 102 valence electrons. The first-order valence-electron chi connectivity index (χ1n) is 6.27. The Bertz CT molecular complexity index is 677. The van der Waals surface area contributed by atoms with Gasteiger partial charge in [-0.15, -0.1) is 0 Å². The van der Waals surface area contributed by atoms with Crippen molar-refractivity contribution in [3.8, 4) is 11.8 Å². The third kappa shape index (κ3) is 3.04. The van der Waals surface area contributed by atoms with Gasteiger partial charge < -0.3 is 10.4 Å². The van der Waals surface area contributed by atoms with Crippen molar-refractivity contribution in [1.29, 1.82) is 5.26 Å². The van der Waals surface area contributed by atoms with Gasteiger partial charge >= 0.3 is 0 Å². The predicted molar refractivity (Wildman–Crippen MR) is 81.0 cm³/mol. The van der Waals surface area contributed by atoms with Crippen molar-refractivity contribution in [3.05, 3.63) is 58.1 Å². The molecule has 2 aromatic rings. The Morgan fingerprint density at radius 3 is 2.60 bits per heavy atom. The second-order valence-electron chi connectivity index (χ2n) is 4.73. The first kappa shape index (κ1) is 14.2. The molecule has 2 N–H and O–H groups in total. The van der Waals surface area contributed by atoms with Crippen LogP contribution in [-0.4, -0.2) is 5.11 Å². The SMILES string of the molecule is Cc1ccc(C(C)Nc2ccc(C#N)c(Cl)c2)c(O)c1. The molecule has 0 aliphatic rings. The van der Waals surface area contributed by atoms with Crippen molar-refractivity contribution in [3.63, 3.8) is 0 Å². The molecule has 2 aromatic carbocycles. The number of nitriles is 1. The first-order valence-corrected chi connectivity index (χ1v) is 6.64. The third-order valence-corrected chi connectivity index (χ3v) is 3.44. The van der Waals surface area contributed by atoms with Crippen LogP contribution in [-0.2, 0) is 0 Å². The highest BCUT2D eigenvalue weighted by Gasteiger charge is 2.11. The van der Waals surface area contributed by atoms with Crippen molar-refractivity contribution < 1.29 is 5.11 Å². The lowest BCUT2D eigenvalue weighted by Gasteiger charge is -2.17. The van der Waals surface area contributed by atoms with E-state index in [2.05, 4.69) is 5.32 Å². The molecule has 0 amide bonds. The van der Waals surface area contributed by atoms with Crippen LogP contribution in [0.15, 0.2) is 36.4 Å². The van der Waals surface area contributed by atoms with E-state index in [1.165, 1.54) is 0 Å². The van der Waals surface area contributed by atoms with Crippen molar-refractivity contribution >= 4 is 17.3 Å². The molecule has 20 heavy (non-hydrogen) atoms. The second-order valence-corrected chi connectivity index (χ2v) is 5.14. The Balaban J connectivity index is 2.21. The Kier molecular flexibility index (Phi) is 4.16. The summed E-state index contributed by atoms with van der Waals surface area (Å²) in [5.41, 5.74) is 3.08. The molecule has 3 nitrogen and oxygen atoms in total. The third-order valence-electron chi connectivity index (χ3n) is 3.13. The fourth-order valence-corrected chi connectivity index (χ4v) is 2.27. The van der Waals surface area contributed by atoms with E-state index in [1.807, 2.05) is 32.0 Å². The van der Waals surface area contributed by atoms with Gasteiger partial charge in [-0.25, -0.2) is 0 Å². The first-order chi connectivity index (χ1) is 9.51. The highest BCUT2D eigenvalue weighted by molar-refractivity contribution is 6.32. The van der Waals surface area contributed by atoms with Crippen molar-refractivity contribution in [2.75, 3.05) is 5.32 Å². The fraction of sp³-hybridized carbons (Fsp3) is 0.188. The van der Waals surface area contributed by atoms with E-state index < -0.39 is 0 Å². The average molecular weight is 287 g/mol. The normalized spacial score (nSPS) is 11.7. The van der Waals surface area contributed by atoms with Crippen molar-refractivity contribution in [2.45, 2.75) is 19.9 Å². The van der Waals surface area contributed by atoms with Crippen LogP contribution in [0.5, 0.6) is 5.75 Å². The van der Waals surface area contributed by atoms with E-state index in [1.54, 1.807) is 24.3 Å². The molecule has 0 bridgehead atoms. The molecule has 1 atom stereocenters. The number of hydrogen-bond donors (Lipinski definition) is 2. The molecular weight excluding hydrogens is 272 g/mol. The van der Waals surface area contributed by atoms with Crippen molar-refractivity contribution in [2.24, 2.45) is 0 Å². The average Bonchev–Trinajstić information content (AvgIpc) is 2.38. The Morgan fingerprint density at radius 1 is 1.25 bits per heavy atom. The molecule has 0 saturated carbocycles. The van der Waals surface area contributed by atoms with E-state index in [0.29, 0.717) is 10.6 Å². The number of phenolic OH excluding ortho intramolecular Hbond substituents is 1. The Morgan fingerprint density at radius 2 is 2.00 bits per heavy atom. The number of rotatable bonds is 3. The summed E-state index contributed by atoms with van der Waals surface area (Å²) >= 11 is 6.00. The maximum atomic E-state index is 9.97. The highest BCUT2D eigenvalue weighted by atomic mass is 35.5. The number of benzene rings is 2. The van der Waals surface area contributed by atoms with Gasteiger partial charge in [0.2, 0.25) is 0 Å². The zero-order valence-electron chi connectivity index (χ0n) is 11.3. The number of phenols is 1. The molecule has 4 heteroatoms. The molecule has 0 aliphatic heterocycles. The van der Waals surface area contributed by atoms with Gasteiger partial charge in [0, 0.05) is 11.3 Å². The lowest BCUT2D eigenvalue weighted by molar-refractivity contribution is 0.465. The lowest BCUT2D eigenvalue weighted by Crippen LogP contribution is -2.07. The second kappa shape index (κ2) is 5.85. The maximum Gasteiger partial charge on any atom is 0.121 e. The van der Waals surface area contributed by atoms with Crippen LogP contribution in [0.2, 0.25) is 5.02 Å². The number of anilines is 1. The molecule has 0 fully saturated rings. The van der Waals surface area contributed by atoms with Crippen LogP contribution in [0, 0.1) is 18.3 Å². The van der Waals surface area contributed by atoms with Gasteiger partial charge in [-0.1, -0.05) is 23.7 Å². The van der Waals surface area contributed by atoms with E-state index in [0.717, 1.165) is 16.8 Å². The number of aromatic hydroxyl groups is 1. The van der Waals surface area contributed by atoms with Gasteiger partial charge in [-0.05, 0) is 43.7 Å². The van der Waals surface area contributed by atoms with Crippen LogP contribution in [0.1, 0.15) is 29.7 Å². The van der Waals surface area contributed by atoms with E-state index in [-0.39, 0.29) is 11.8 Å². The molecular formula is C16H15ClN2O. The van der Waals surface area contributed by atoms with E-state index in [9.17, 15) is 5.11 Å². The van der Waals surface area contributed by atoms with Crippen molar-refractivity contribution in [1.82, 2.24) is 0 Å². The van der Waals surface area contributed by atoms with E-state index >= 15 is 0 Å². The smallest absolute Gasteiger partial charge is 0.121 e. The number of hydrogen-bond acceptors (Lipinski definition) is 3. The minimum Gasteiger partial charge on any atom is -0.508 e. The van der Waals surface area contributed by atoms with Crippen LogP contribution in [0.4, 0.5) is 5.69 Å². The standard InChI is InChI=1S/C16H15ClN2O/c1-10-3-6-14(16(20)7-10)11(2)19-13-5-4-12(9-18)15(17)8-13/h3-8,11,19-20H,1-2H3. The molecule has 0 radical (unpaired) electrons. The summed E-state index contributed by atoms with van der Waals surface area (Å²) in [5.74, 6) is 0.268. The van der Waals surface area contributed by atoms with Gasteiger partial charge in [0.1, 0.15) is 11.8 Å². The van der Waals surface area contributed by atoms with Gasteiger partial charge in [-0.2, -0.15) is 5.26 Å². The van der Waals surface area contributed by atoms with Gasteiger partial charge in [-0.3, -0.25) is 0 Å². The monoisotopic (exact) mass is 286 g/mol. The van der Waals surface area contributed by atoms with Gasteiger partial charge in [0.15, 0.2) is 0 Å². The number of aryl methyl sites for hydroxylation is 1. The zero-order valence-corrected chi connectivity index (χ0v) is 12.1. The highest BCUT2D eigenvalue weighted by Crippen LogP contribution is 2.29. The summed E-state index contributed by atoms with van der Waals surface area (Å²) in [6.45, 7) is 3.89. The van der Waals surface area contributed by atoms with Crippen LogP contribution >= 0.6 is 11.6 Å². The van der Waals surface area contributed by atoms with Gasteiger partial charge in [0.05, 0.1) is 16.6 Å². The molecule has 0 aromatic heterocycles. The topological polar surface area (TPSA) is 56.0 Å². The quantitative estimate of drug-likeness (QED) is 0.879. The summed E-state index contributed by atoms with van der Waals surface area (Å²) < 4.78 is 0. The number of nitrogens with one attached hydrogen (secondary N) is 1. The maximum absolute atomic E-state index is 9.97. The van der Waals surface area contributed by atoms with Gasteiger partial charge in [0.25, 0.3) is 0 Å². The molecule has 0 spiro atoms. The molecule has 0 saturated heterocycles. The number of halogens is 1. The molecule has 2 rings (SSSR count). The largest absolute Gasteiger partial charge is 0.508 e. The molecule has 0 aliphatic carbocycles. The summed E-state index contributed by atoms with van der Waals surface area (Å²) in [6.07, 6.45) is 0. The number of nitrogens with zero attached hydrogens (tertiary/aromatic N) is 1. The van der Waals surface area contributed by atoms with E-state index in [4.69, 9.17) is 16.9 Å². The predicted octanol–water partition coefficient (Wildman–Crippen LogP) is 4.40. The molecule has 0 heterocycles. The summed E-state index contributed by atoms with van der Waals surface area (Å²) in [7, 11) is 0. The summed E-state index contributed by atoms with van der Waals surface area (Å²) in [5, 5.41) is 22.5. The van der Waals surface area contributed by atoms with Crippen LogP contribution < -0.4 is 5.32 Å². The summed E-state index contributed by atoms with van der Waals surface area (Å²) in [6, 6.07) is 12.7. The minimum atomic E-state index is -0.0698. The van der Waals surface area contributed by atoms with Crippen LogP contribution in [0.3, 0.4) is 0 Å². The zero-order chi connectivity index (χ0) is 14.7. The Labute approximate surface area is 123 Å². The molecule has 1 unspecified atom stereocenters. The fourth-order valence-electron chi connectivity index (χ4n) is 2.04. The Hall–Kier alpha value is -2.18. The lowest BCUT2D eigenvalue weighted by atomic mass is 10.0. The summed E-state index contributed by atoms with van der Waals surface area (Å²) in [4.78, 5) is 0. The minimum absolute atomic E-state index is 0.0698.